The van der Waals surface area contributed by atoms with Gasteiger partial charge in [-0.25, -0.2) is 0 Å². The summed E-state index contributed by atoms with van der Waals surface area (Å²) in [6, 6.07) is 13.3. The Hall–Kier alpha value is -2.69. The Balaban J connectivity index is 1.69. The Morgan fingerprint density at radius 3 is 2.38 bits per heavy atom. The van der Waals surface area contributed by atoms with Crippen LogP contribution >= 0.6 is 0 Å². The zero-order valence-corrected chi connectivity index (χ0v) is 15.6. The van der Waals surface area contributed by atoms with Crippen LogP contribution in [-0.2, 0) is 0 Å². The third-order valence-corrected chi connectivity index (χ3v) is 4.91. The molecule has 0 aliphatic carbocycles. The minimum atomic E-state index is -0.113. The number of benzene rings is 2. The van der Waals surface area contributed by atoms with Crippen molar-refractivity contribution in [2.45, 2.75) is 19.8 Å². The molecule has 0 bridgehead atoms. The summed E-state index contributed by atoms with van der Waals surface area (Å²) in [5, 5.41) is 10.3. The molecule has 0 radical (unpaired) electrons. The standard InChI is InChI=1S/C21H26N2O3/c1-15(2)16-8-9-17(19(24)14-16)21(25)23-12-10-22(11-13-23)18-6-4-5-7-20(18)26-3/h4-9,14-15,24H,10-13H2,1-3H3. The second kappa shape index (κ2) is 7.68. The lowest BCUT2D eigenvalue weighted by atomic mass is 10.0. The molecule has 1 amide bonds. The Labute approximate surface area is 154 Å². The molecule has 0 spiro atoms. The van der Waals surface area contributed by atoms with E-state index in [1.807, 2.05) is 30.3 Å². The van der Waals surface area contributed by atoms with Crippen molar-refractivity contribution in [2.75, 3.05) is 38.2 Å². The first-order chi connectivity index (χ1) is 12.5. The van der Waals surface area contributed by atoms with Crippen molar-refractivity contribution >= 4 is 11.6 Å². The van der Waals surface area contributed by atoms with Gasteiger partial charge in [-0.05, 0) is 35.7 Å². The molecule has 138 valence electrons. The number of phenols is 1. The van der Waals surface area contributed by atoms with E-state index in [4.69, 9.17) is 4.74 Å². The predicted molar refractivity (Wildman–Crippen MR) is 103 cm³/mol. The third kappa shape index (κ3) is 3.62. The number of hydrogen-bond acceptors (Lipinski definition) is 4. The highest BCUT2D eigenvalue weighted by Crippen LogP contribution is 2.29. The van der Waals surface area contributed by atoms with Crippen LogP contribution in [0.2, 0.25) is 0 Å². The average molecular weight is 354 g/mol. The van der Waals surface area contributed by atoms with Crippen LogP contribution in [0.1, 0.15) is 35.7 Å². The summed E-state index contributed by atoms with van der Waals surface area (Å²) in [5.41, 5.74) is 2.45. The van der Waals surface area contributed by atoms with Gasteiger partial charge in [0.25, 0.3) is 5.91 Å². The number of methoxy groups -OCH3 is 1. The van der Waals surface area contributed by atoms with Crippen LogP contribution in [0.5, 0.6) is 11.5 Å². The number of carbonyl (C=O) groups is 1. The molecule has 1 saturated heterocycles. The van der Waals surface area contributed by atoms with Crippen molar-refractivity contribution in [1.82, 2.24) is 4.90 Å². The molecular weight excluding hydrogens is 328 g/mol. The van der Waals surface area contributed by atoms with E-state index in [0.717, 1.165) is 30.1 Å². The Kier molecular flexibility index (Phi) is 5.35. The maximum Gasteiger partial charge on any atom is 0.257 e. The maximum absolute atomic E-state index is 12.8. The number of anilines is 1. The number of ether oxygens (including phenoxy) is 1. The summed E-state index contributed by atoms with van der Waals surface area (Å²) in [7, 11) is 1.67. The van der Waals surface area contributed by atoms with Crippen LogP contribution in [0.25, 0.3) is 0 Å². The number of carbonyl (C=O) groups excluding carboxylic acids is 1. The molecule has 3 rings (SSSR count). The largest absolute Gasteiger partial charge is 0.507 e. The van der Waals surface area contributed by atoms with Crippen LogP contribution in [0.15, 0.2) is 42.5 Å². The van der Waals surface area contributed by atoms with Crippen molar-refractivity contribution in [3.63, 3.8) is 0 Å². The molecule has 1 aliphatic heterocycles. The quantitative estimate of drug-likeness (QED) is 0.913. The molecule has 1 fully saturated rings. The first-order valence-electron chi connectivity index (χ1n) is 9.01. The van der Waals surface area contributed by atoms with Gasteiger partial charge in [-0.15, -0.1) is 0 Å². The van der Waals surface area contributed by atoms with Crippen molar-refractivity contribution in [3.8, 4) is 11.5 Å². The van der Waals surface area contributed by atoms with Gasteiger partial charge in [-0.1, -0.05) is 32.0 Å². The van der Waals surface area contributed by atoms with Crippen LogP contribution in [0, 0.1) is 0 Å². The molecule has 1 aliphatic rings. The monoisotopic (exact) mass is 354 g/mol. The van der Waals surface area contributed by atoms with Crippen molar-refractivity contribution < 1.29 is 14.6 Å². The maximum atomic E-state index is 12.8. The first kappa shape index (κ1) is 18.1. The Morgan fingerprint density at radius 2 is 1.77 bits per heavy atom. The van der Waals surface area contributed by atoms with Crippen molar-refractivity contribution in [2.24, 2.45) is 0 Å². The highest BCUT2D eigenvalue weighted by molar-refractivity contribution is 5.97. The van der Waals surface area contributed by atoms with E-state index in [1.165, 1.54) is 0 Å². The highest BCUT2D eigenvalue weighted by Gasteiger charge is 2.25. The van der Waals surface area contributed by atoms with Crippen LogP contribution in [0.3, 0.4) is 0 Å². The van der Waals surface area contributed by atoms with Gasteiger partial charge >= 0.3 is 0 Å². The zero-order chi connectivity index (χ0) is 18.7. The summed E-state index contributed by atoms with van der Waals surface area (Å²) in [6.45, 7) is 6.82. The molecular formula is C21H26N2O3. The number of nitrogens with zero attached hydrogens (tertiary/aromatic N) is 2. The summed E-state index contributed by atoms with van der Waals surface area (Å²) in [6.07, 6.45) is 0. The second-order valence-electron chi connectivity index (χ2n) is 6.88. The lowest BCUT2D eigenvalue weighted by Gasteiger charge is -2.36. The summed E-state index contributed by atoms with van der Waals surface area (Å²) in [4.78, 5) is 16.8. The molecule has 0 atom stereocenters. The number of para-hydroxylation sites is 2. The molecule has 1 N–H and O–H groups in total. The SMILES string of the molecule is COc1ccccc1N1CCN(C(=O)c2ccc(C(C)C)cc2O)CC1. The van der Waals surface area contributed by atoms with Gasteiger partial charge in [0.15, 0.2) is 0 Å². The van der Waals surface area contributed by atoms with Gasteiger partial charge in [-0.3, -0.25) is 4.79 Å². The summed E-state index contributed by atoms with van der Waals surface area (Å²) >= 11 is 0. The fourth-order valence-electron chi connectivity index (χ4n) is 3.30. The Morgan fingerprint density at radius 1 is 1.08 bits per heavy atom. The van der Waals surface area contributed by atoms with Crippen molar-refractivity contribution in [3.05, 3.63) is 53.6 Å². The number of piperazine rings is 1. The molecule has 0 unspecified atom stereocenters. The van der Waals surface area contributed by atoms with Gasteiger partial charge in [0.2, 0.25) is 0 Å². The molecule has 2 aromatic carbocycles. The number of aromatic hydroxyl groups is 1. The van der Waals surface area contributed by atoms with E-state index < -0.39 is 0 Å². The van der Waals surface area contributed by atoms with Gasteiger partial charge in [-0.2, -0.15) is 0 Å². The molecule has 26 heavy (non-hydrogen) atoms. The van der Waals surface area contributed by atoms with Gasteiger partial charge < -0.3 is 19.6 Å². The zero-order valence-electron chi connectivity index (χ0n) is 15.6. The minimum absolute atomic E-state index is 0.0633. The molecule has 1 heterocycles. The average Bonchev–Trinajstić information content (AvgIpc) is 2.67. The van der Waals surface area contributed by atoms with E-state index in [1.54, 1.807) is 24.1 Å². The van der Waals surface area contributed by atoms with Crippen LogP contribution < -0.4 is 9.64 Å². The topological polar surface area (TPSA) is 53.0 Å². The smallest absolute Gasteiger partial charge is 0.257 e. The van der Waals surface area contributed by atoms with Crippen molar-refractivity contribution in [1.29, 1.82) is 0 Å². The number of amides is 1. The number of phenolic OH excluding ortho intramolecular Hbond substituents is 1. The molecule has 5 heteroatoms. The first-order valence-corrected chi connectivity index (χ1v) is 9.01. The fourth-order valence-corrected chi connectivity index (χ4v) is 3.30. The third-order valence-electron chi connectivity index (χ3n) is 4.91. The number of rotatable bonds is 4. The predicted octanol–water partition coefficient (Wildman–Crippen LogP) is 3.49. The van der Waals surface area contributed by atoms with E-state index in [2.05, 4.69) is 18.7 Å². The van der Waals surface area contributed by atoms with E-state index >= 15 is 0 Å². The lowest BCUT2D eigenvalue weighted by molar-refractivity contribution is 0.0743. The van der Waals surface area contributed by atoms with E-state index in [0.29, 0.717) is 24.6 Å². The van der Waals surface area contributed by atoms with Gasteiger partial charge in [0.1, 0.15) is 11.5 Å². The van der Waals surface area contributed by atoms with Gasteiger partial charge in [0, 0.05) is 26.2 Å². The fraction of sp³-hybridized carbons (Fsp3) is 0.381. The van der Waals surface area contributed by atoms with Crippen LogP contribution in [0.4, 0.5) is 5.69 Å². The molecule has 5 nitrogen and oxygen atoms in total. The molecule has 2 aromatic rings. The number of hydrogen-bond donors (Lipinski definition) is 1. The van der Waals surface area contributed by atoms with Gasteiger partial charge in [0.05, 0.1) is 18.4 Å². The minimum Gasteiger partial charge on any atom is -0.507 e. The summed E-state index contributed by atoms with van der Waals surface area (Å²) in [5.74, 6) is 1.11. The Bertz CT molecular complexity index is 781. The highest BCUT2D eigenvalue weighted by atomic mass is 16.5. The molecule has 0 saturated carbocycles. The van der Waals surface area contributed by atoms with E-state index in [9.17, 15) is 9.90 Å². The van der Waals surface area contributed by atoms with Crippen LogP contribution in [-0.4, -0.2) is 49.2 Å². The summed E-state index contributed by atoms with van der Waals surface area (Å²) < 4.78 is 5.43. The van der Waals surface area contributed by atoms with E-state index in [-0.39, 0.29) is 11.7 Å². The second-order valence-corrected chi connectivity index (χ2v) is 6.88. The normalized spacial score (nSPS) is 14.6. The molecule has 0 aromatic heterocycles. The lowest BCUT2D eigenvalue weighted by Crippen LogP contribution is -2.48.